The van der Waals surface area contributed by atoms with Crippen LogP contribution in [-0.2, 0) is 6.42 Å². The molecule has 0 spiro atoms. The molecule has 0 saturated heterocycles. The van der Waals surface area contributed by atoms with Crippen LogP contribution in [-0.4, -0.2) is 17.7 Å². The highest BCUT2D eigenvalue weighted by Crippen LogP contribution is 2.32. The largest absolute Gasteiger partial charge is 0.492 e. The smallest absolute Gasteiger partial charge is 0.141 e. The quantitative estimate of drug-likeness (QED) is 0.810. The lowest BCUT2D eigenvalue weighted by molar-refractivity contribution is 0.242. The summed E-state index contributed by atoms with van der Waals surface area (Å²) in [5.41, 5.74) is 2.27. The molecule has 0 amide bonds. The number of hydrogen-bond acceptors (Lipinski definition) is 3. The zero-order chi connectivity index (χ0) is 12.5. The molecule has 2 heterocycles. The van der Waals surface area contributed by atoms with E-state index in [9.17, 15) is 0 Å². The summed E-state index contributed by atoms with van der Waals surface area (Å²) < 4.78 is 11.4. The fourth-order valence-corrected chi connectivity index (χ4v) is 2.37. The van der Waals surface area contributed by atoms with Crippen molar-refractivity contribution in [3.8, 4) is 11.5 Å². The van der Waals surface area contributed by atoms with E-state index in [0.717, 1.165) is 41.9 Å². The van der Waals surface area contributed by atoms with E-state index in [4.69, 9.17) is 9.47 Å². The summed E-state index contributed by atoms with van der Waals surface area (Å²) in [5, 5.41) is 1.16. The number of nitrogens with zero attached hydrogens (tertiary/aromatic N) is 1. The highest BCUT2D eigenvalue weighted by atomic mass is 16.5. The van der Waals surface area contributed by atoms with Gasteiger partial charge in [-0.25, -0.2) is 0 Å². The van der Waals surface area contributed by atoms with Gasteiger partial charge in [-0.1, -0.05) is 0 Å². The van der Waals surface area contributed by atoms with Crippen LogP contribution in [0.4, 0.5) is 0 Å². The van der Waals surface area contributed by atoms with Crippen molar-refractivity contribution >= 4 is 10.9 Å². The van der Waals surface area contributed by atoms with Crippen molar-refractivity contribution in [2.24, 2.45) is 0 Å². The molecule has 0 N–H and O–H groups in total. The van der Waals surface area contributed by atoms with E-state index < -0.39 is 0 Å². The number of aromatic nitrogens is 1. The summed E-state index contributed by atoms with van der Waals surface area (Å²) in [7, 11) is 0. The van der Waals surface area contributed by atoms with Gasteiger partial charge in [0.2, 0.25) is 0 Å². The minimum Gasteiger partial charge on any atom is -0.492 e. The highest BCUT2D eigenvalue weighted by Gasteiger charge is 2.15. The Morgan fingerprint density at radius 2 is 2.22 bits per heavy atom. The molecule has 0 aliphatic carbocycles. The van der Waals surface area contributed by atoms with Gasteiger partial charge < -0.3 is 9.47 Å². The zero-order valence-corrected chi connectivity index (χ0v) is 10.8. The Hall–Kier alpha value is -1.77. The van der Waals surface area contributed by atoms with E-state index in [-0.39, 0.29) is 6.10 Å². The second-order valence-electron chi connectivity index (χ2n) is 4.90. The molecule has 0 unspecified atom stereocenters. The SMILES string of the molecule is CC(C)Oc1ccc2ncc3c(c2c1)CCCO3. The lowest BCUT2D eigenvalue weighted by Crippen LogP contribution is -2.09. The van der Waals surface area contributed by atoms with Crippen molar-refractivity contribution in [3.63, 3.8) is 0 Å². The minimum atomic E-state index is 0.186. The molecule has 1 aromatic carbocycles. The predicted molar refractivity (Wildman–Crippen MR) is 71.3 cm³/mol. The summed E-state index contributed by atoms with van der Waals surface area (Å²) in [6, 6.07) is 6.07. The van der Waals surface area contributed by atoms with Crippen LogP contribution in [0.3, 0.4) is 0 Å². The van der Waals surface area contributed by atoms with Crippen molar-refractivity contribution in [2.75, 3.05) is 6.61 Å². The summed E-state index contributed by atoms with van der Waals surface area (Å²) in [4.78, 5) is 4.43. The number of rotatable bonds is 2. The molecule has 3 nitrogen and oxygen atoms in total. The second-order valence-corrected chi connectivity index (χ2v) is 4.90. The van der Waals surface area contributed by atoms with E-state index >= 15 is 0 Å². The zero-order valence-electron chi connectivity index (χ0n) is 10.8. The summed E-state index contributed by atoms with van der Waals surface area (Å²) >= 11 is 0. The number of fused-ring (bicyclic) bond motifs is 3. The molecule has 18 heavy (non-hydrogen) atoms. The Balaban J connectivity index is 2.12. The van der Waals surface area contributed by atoms with Gasteiger partial charge in [0.15, 0.2) is 0 Å². The lowest BCUT2D eigenvalue weighted by atomic mass is 10.0. The van der Waals surface area contributed by atoms with Gasteiger partial charge in [0, 0.05) is 10.9 Å². The minimum absolute atomic E-state index is 0.186. The molecule has 3 rings (SSSR count). The first-order chi connectivity index (χ1) is 8.74. The monoisotopic (exact) mass is 243 g/mol. The fraction of sp³-hybridized carbons (Fsp3) is 0.400. The third-order valence-electron chi connectivity index (χ3n) is 3.11. The average Bonchev–Trinajstić information content (AvgIpc) is 2.38. The molecule has 3 heteroatoms. The van der Waals surface area contributed by atoms with Crippen molar-refractivity contribution < 1.29 is 9.47 Å². The summed E-state index contributed by atoms with van der Waals surface area (Å²) in [6.45, 7) is 4.86. The van der Waals surface area contributed by atoms with Crippen LogP contribution in [0, 0.1) is 0 Å². The van der Waals surface area contributed by atoms with Gasteiger partial charge in [-0.05, 0) is 44.9 Å². The Morgan fingerprint density at radius 3 is 3.06 bits per heavy atom. The van der Waals surface area contributed by atoms with Gasteiger partial charge in [-0.15, -0.1) is 0 Å². The molecule has 0 radical (unpaired) electrons. The number of benzene rings is 1. The molecule has 1 aliphatic rings. The molecule has 1 aromatic heterocycles. The topological polar surface area (TPSA) is 31.4 Å². The Labute approximate surface area is 107 Å². The van der Waals surface area contributed by atoms with Crippen LogP contribution in [0.5, 0.6) is 11.5 Å². The third-order valence-corrected chi connectivity index (χ3v) is 3.11. The first-order valence-corrected chi connectivity index (χ1v) is 6.45. The molecule has 94 valence electrons. The highest BCUT2D eigenvalue weighted by molar-refractivity contribution is 5.85. The molecule has 1 aliphatic heterocycles. The van der Waals surface area contributed by atoms with Crippen molar-refractivity contribution in [1.82, 2.24) is 4.98 Å². The van der Waals surface area contributed by atoms with Crippen LogP contribution in [0.1, 0.15) is 25.8 Å². The van der Waals surface area contributed by atoms with Crippen LogP contribution in [0.15, 0.2) is 24.4 Å². The summed E-state index contributed by atoms with van der Waals surface area (Å²) in [6.07, 6.45) is 4.15. The third kappa shape index (κ3) is 2.01. The number of ether oxygens (including phenoxy) is 2. The maximum Gasteiger partial charge on any atom is 0.141 e. The Bertz CT molecular complexity index is 578. The Morgan fingerprint density at radius 1 is 1.33 bits per heavy atom. The standard InChI is InChI=1S/C15H17NO2/c1-10(2)18-11-5-6-14-13(8-11)12-4-3-7-17-15(12)9-16-14/h5-6,8-10H,3-4,7H2,1-2H3. The van der Waals surface area contributed by atoms with Crippen LogP contribution in [0.2, 0.25) is 0 Å². The van der Waals surface area contributed by atoms with E-state index in [0.29, 0.717) is 0 Å². The molecule has 0 saturated carbocycles. The van der Waals surface area contributed by atoms with Crippen molar-refractivity contribution in [3.05, 3.63) is 30.0 Å². The van der Waals surface area contributed by atoms with E-state index in [1.54, 1.807) is 0 Å². The number of pyridine rings is 1. The van der Waals surface area contributed by atoms with Gasteiger partial charge in [0.05, 0.1) is 24.4 Å². The maximum atomic E-state index is 5.74. The molecule has 2 aromatic rings. The molecular formula is C15H17NO2. The predicted octanol–water partition coefficient (Wildman–Crippen LogP) is 3.35. The molecule has 0 atom stereocenters. The lowest BCUT2D eigenvalue weighted by Gasteiger charge is -2.19. The number of aryl methyl sites for hydroxylation is 1. The van der Waals surface area contributed by atoms with Gasteiger partial charge in [-0.3, -0.25) is 4.98 Å². The molecule has 0 fully saturated rings. The number of hydrogen-bond donors (Lipinski definition) is 0. The summed E-state index contributed by atoms with van der Waals surface area (Å²) in [5.74, 6) is 1.83. The first kappa shape index (κ1) is 11.3. The normalized spacial score (nSPS) is 14.4. The van der Waals surface area contributed by atoms with Crippen LogP contribution >= 0.6 is 0 Å². The van der Waals surface area contributed by atoms with Gasteiger partial charge in [0.25, 0.3) is 0 Å². The molecular weight excluding hydrogens is 226 g/mol. The van der Waals surface area contributed by atoms with Gasteiger partial charge >= 0.3 is 0 Å². The second kappa shape index (κ2) is 4.48. The average molecular weight is 243 g/mol. The van der Waals surface area contributed by atoms with E-state index in [1.807, 2.05) is 32.2 Å². The first-order valence-electron chi connectivity index (χ1n) is 6.45. The fourth-order valence-electron chi connectivity index (χ4n) is 2.37. The van der Waals surface area contributed by atoms with Gasteiger partial charge in [-0.2, -0.15) is 0 Å². The molecule has 0 bridgehead atoms. The maximum absolute atomic E-state index is 5.74. The van der Waals surface area contributed by atoms with E-state index in [1.165, 1.54) is 5.56 Å². The Kier molecular flexibility index (Phi) is 2.82. The van der Waals surface area contributed by atoms with Crippen molar-refractivity contribution in [2.45, 2.75) is 32.8 Å². The van der Waals surface area contributed by atoms with Crippen LogP contribution in [0.25, 0.3) is 10.9 Å². The van der Waals surface area contributed by atoms with E-state index in [2.05, 4.69) is 11.1 Å². The van der Waals surface area contributed by atoms with Gasteiger partial charge in [0.1, 0.15) is 11.5 Å². The van der Waals surface area contributed by atoms with Crippen molar-refractivity contribution in [1.29, 1.82) is 0 Å². The van der Waals surface area contributed by atoms with Crippen LogP contribution < -0.4 is 9.47 Å².